The van der Waals surface area contributed by atoms with Gasteiger partial charge in [-0.25, -0.2) is 8.78 Å². The molecule has 0 fully saturated rings. The third-order valence-electron chi connectivity index (χ3n) is 1.98. The van der Waals surface area contributed by atoms with Crippen molar-refractivity contribution in [2.75, 3.05) is 0 Å². The molecule has 0 aliphatic carbocycles. The Hall–Kier alpha value is -2.42. The highest BCUT2D eigenvalue weighted by Gasteiger charge is 2.34. The van der Waals surface area contributed by atoms with Gasteiger partial charge in [0.2, 0.25) is 0 Å². The van der Waals surface area contributed by atoms with E-state index >= 15 is 0 Å². The molecule has 0 unspecified atom stereocenters. The van der Waals surface area contributed by atoms with Crippen LogP contribution in [0.3, 0.4) is 0 Å². The van der Waals surface area contributed by atoms with Gasteiger partial charge in [0.1, 0.15) is 17.3 Å². The monoisotopic (exact) mass is 277 g/mol. The van der Waals surface area contributed by atoms with Crippen LogP contribution in [0.25, 0.3) is 0 Å². The van der Waals surface area contributed by atoms with E-state index in [0.717, 1.165) is 0 Å². The van der Waals surface area contributed by atoms with E-state index < -0.39 is 41.8 Å². The van der Waals surface area contributed by atoms with E-state index in [9.17, 15) is 22.0 Å². The Morgan fingerprint density at radius 3 is 2.37 bits per heavy atom. The van der Waals surface area contributed by atoms with Crippen molar-refractivity contribution in [1.82, 2.24) is 4.98 Å². The van der Waals surface area contributed by atoms with Crippen LogP contribution in [0.2, 0.25) is 0 Å². The van der Waals surface area contributed by atoms with Crippen LogP contribution in [0.1, 0.15) is 23.2 Å². The van der Waals surface area contributed by atoms with Gasteiger partial charge < -0.3 is 4.74 Å². The molecule has 1 heterocycles. The van der Waals surface area contributed by atoms with Crippen molar-refractivity contribution < 1.29 is 26.7 Å². The van der Waals surface area contributed by atoms with Crippen LogP contribution in [0.4, 0.5) is 22.0 Å². The smallest absolute Gasteiger partial charge is 0.403 e. The van der Waals surface area contributed by atoms with Crippen LogP contribution in [-0.2, 0) is 6.42 Å². The van der Waals surface area contributed by atoms with Crippen molar-refractivity contribution in [3.05, 3.63) is 23.0 Å². The van der Waals surface area contributed by atoms with Crippen molar-refractivity contribution in [2.45, 2.75) is 19.2 Å². The van der Waals surface area contributed by atoms with Crippen molar-refractivity contribution in [3.8, 4) is 17.9 Å². The molecule has 100 valence electrons. The summed E-state index contributed by atoms with van der Waals surface area (Å²) in [6.07, 6.45) is -8.50. The van der Waals surface area contributed by atoms with Crippen LogP contribution in [0.5, 0.6) is 5.75 Å². The lowest BCUT2D eigenvalue weighted by Gasteiger charge is -2.13. The summed E-state index contributed by atoms with van der Waals surface area (Å²) in [5, 5.41) is 17.2. The highest BCUT2D eigenvalue weighted by Crippen LogP contribution is 2.32. The number of nitriles is 2. The Labute approximate surface area is 103 Å². The maximum Gasteiger partial charge on any atom is 0.573 e. The molecule has 0 atom stereocenters. The highest BCUT2D eigenvalue weighted by atomic mass is 19.4. The van der Waals surface area contributed by atoms with Gasteiger partial charge in [0.25, 0.3) is 6.43 Å². The van der Waals surface area contributed by atoms with E-state index in [1.54, 1.807) is 0 Å². The van der Waals surface area contributed by atoms with Crippen LogP contribution in [0.15, 0.2) is 6.20 Å². The minimum absolute atomic E-state index is 0.383. The number of ether oxygens (including phenoxy) is 1. The Bertz CT molecular complexity index is 556. The van der Waals surface area contributed by atoms with Gasteiger partial charge in [0, 0.05) is 5.56 Å². The van der Waals surface area contributed by atoms with Crippen LogP contribution in [-0.4, -0.2) is 11.3 Å². The number of pyridine rings is 1. The zero-order valence-electron chi connectivity index (χ0n) is 9.00. The van der Waals surface area contributed by atoms with E-state index in [4.69, 9.17) is 10.5 Å². The molecule has 19 heavy (non-hydrogen) atoms. The summed E-state index contributed by atoms with van der Waals surface area (Å²) in [5.74, 6) is -1.01. The largest absolute Gasteiger partial charge is 0.573 e. The number of rotatable bonds is 3. The molecule has 0 amide bonds. The van der Waals surface area contributed by atoms with Gasteiger partial charge in [-0.05, 0) is 0 Å². The second-order valence-electron chi connectivity index (χ2n) is 3.16. The first-order valence-corrected chi connectivity index (χ1v) is 4.63. The third kappa shape index (κ3) is 3.52. The maximum atomic E-state index is 12.6. The van der Waals surface area contributed by atoms with Crippen molar-refractivity contribution in [3.63, 3.8) is 0 Å². The minimum atomic E-state index is -5.09. The molecule has 0 saturated carbocycles. The molecule has 1 aromatic heterocycles. The molecule has 0 aliphatic heterocycles. The number of hydrogen-bond donors (Lipinski definition) is 0. The molecule has 9 heteroatoms. The standard InChI is InChI=1S/C10H4F5N3O/c11-9(12)8-5(1-2-16)6(3-17)7(4-18-8)19-10(13,14)15/h4,9H,1H2. The first kappa shape index (κ1) is 14.6. The van der Waals surface area contributed by atoms with Gasteiger partial charge in [0.15, 0.2) is 5.75 Å². The molecule has 0 aromatic carbocycles. The summed E-state index contributed by atoms with van der Waals surface area (Å²) in [7, 11) is 0. The molecule has 0 bridgehead atoms. The third-order valence-corrected chi connectivity index (χ3v) is 1.98. The van der Waals surface area contributed by atoms with Crippen molar-refractivity contribution >= 4 is 0 Å². The second-order valence-corrected chi connectivity index (χ2v) is 3.16. The summed E-state index contributed by atoms with van der Waals surface area (Å²) in [5.41, 5.74) is -2.25. The van der Waals surface area contributed by atoms with Gasteiger partial charge in [0.05, 0.1) is 18.7 Å². The van der Waals surface area contributed by atoms with Crippen LogP contribution < -0.4 is 4.74 Å². The predicted molar refractivity (Wildman–Crippen MR) is 49.9 cm³/mol. The van der Waals surface area contributed by atoms with Gasteiger partial charge in [-0.15, -0.1) is 13.2 Å². The minimum Gasteiger partial charge on any atom is -0.403 e. The average molecular weight is 277 g/mol. The molecule has 0 N–H and O–H groups in total. The van der Waals surface area contributed by atoms with Crippen LogP contribution in [0, 0.1) is 22.7 Å². The lowest BCUT2D eigenvalue weighted by Crippen LogP contribution is -2.19. The zero-order valence-corrected chi connectivity index (χ0v) is 9.00. The summed E-state index contributed by atoms with van der Waals surface area (Å²) in [6, 6.07) is 2.80. The summed E-state index contributed by atoms with van der Waals surface area (Å²) in [6.45, 7) is 0. The Morgan fingerprint density at radius 1 is 1.32 bits per heavy atom. The molecule has 0 saturated heterocycles. The topological polar surface area (TPSA) is 69.7 Å². The van der Waals surface area contributed by atoms with Crippen LogP contribution >= 0.6 is 0 Å². The lowest BCUT2D eigenvalue weighted by molar-refractivity contribution is -0.274. The average Bonchev–Trinajstić information content (AvgIpc) is 2.27. The van der Waals surface area contributed by atoms with E-state index in [1.807, 2.05) is 0 Å². The molecule has 1 rings (SSSR count). The Balaban J connectivity index is 3.42. The van der Waals surface area contributed by atoms with E-state index in [-0.39, 0.29) is 0 Å². The summed E-state index contributed by atoms with van der Waals surface area (Å²) in [4.78, 5) is 3.11. The SMILES string of the molecule is N#CCc1c(C(F)F)ncc(OC(F)(F)F)c1C#N. The van der Waals surface area contributed by atoms with E-state index in [1.165, 1.54) is 12.1 Å². The van der Waals surface area contributed by atoms with Gasteiger partial charge in [-0.3, -0.25) is 4.98 Å². The molecule has 4 nitrogen and oxygen atoms in total. The fourth-order valence-electron chi connectivity index (χ4n) is 1.32. The summed E-state index contributed by atoms with van der Waals surface area (Å²) < 4.78 is 64.9. The number of alkyl halides is 5. The molecule has 1 aromatic rings. The van der Waals surface area contributed by atoms with Crippen molar-refractivity contribution in [1.29, 1.82) is 10.5 Å². The summed E-state index contributed by atoms with van der Waals surface area (Å²) >= 11 is 0. The fourth-order valence-corrected chi connectivity index (χ4v) is 1.32. The maximum absolute atomic E-state index is 12.6. The van der Waals surface area contributed by atoms with Gasteiger partial charge in [-0.2, -0.15) is 10.5 Å². The van der Waals surface area contributed by atoms with Gasteiger partial charge >= 0.3 is 6.36 Å². The number of nitrogens with zero attached hydrogens (tertiary/aromatic N) is 3. The van der Waals surface area contributed by atoms with E-state index in [0.29, 0.717) is 6.20 Å². The molecular formula is C10H4F5N3O. The molecule has 0 aliphatic rings. The zero-order chi connectivity index (χ0) is 14.6. The van der Waals surface area contributed by atoms with Gasteiger partial charge in [-0.1, -0.05) is 0 Å². The molecule has 0 radical (unpaired) electrons. The fraction of sp³-hybridized carbons (Fsp3) is 0.300. The second kappa shape index (κ2) is 5.48. The Morgan fingerprint density at radius 2 is 1.95 bits per heavy atom. The first-order valence-electron chi connectivity index (χ1n) is 4.63. The number of aromatic nitrogens is 1. The quantitative estimate of drug-likeness (QED) is 0.796. The normalized spacial score (nSPS) is 10.9. The molecule has 0 spiro atoms. The van der Waals surface area contributed by atoms with E-state index in [2.05, 4.69) is 9.72 Å². The predicted octanol–water partition coefficient (Wildman–Crippen LogP) is 2.86. The highest BCUT2D eigenvalue weighted by molar-refractivity contribution is 5.50. The van der Waals surface area contributed by atoms with Crippen molar-refractivity contribution in [2.24, 2.45) is 0 Å². The number of hydrogen-bond acceptors (Lipinski definition) is 4. The lowest BCUT2D eigenvalue weighted by atomic mass is 10.0. The Kier molecular flexibility index (Phi) is 4.22. The number of halogens is 5. The molecular weight excluding hydrogens is 273 g/mol. The first-order chi connectivity index (χ1) is 8.80.